The molecule has 0 saturated carbocycles. The van der Waals surface area contributed by atoms with Crippen molar-refractivity contribution in [1.82, 2.24) is 0 Å². The normalized spacial score (nSPS) is 19.4. The van der Waals surface area contributed by atoms with Crippen molar-refractivity contribution in [3.63, 3.8) is 0 Å². The summed E-state index contributed by atoms with van der Waals surface area (Å²) in [5.74, 6) is -2.75. The summed E-state index contributed by atoms with van der Waals surface area (Å²) in [6.07, 6.45) is 1.27. The van der Waals surface area contributed by atoms with Crippen LogP contribution in [0.2, 0.25) is 0 Å². The molecule has 4 heteroatoms. The lowest BCUT2D eigenvalue weighted by atomic mass is 9.88. The minimum atomic E-state index is -1.17. The summed E-state index contributed by atoms with van der Waals surface area (Å²) in [6.45, 7) is 0. The maximum absolute atomic E-state index is 11.7. The van der Waals surface area contributed by atoms with Crippen LogP contribution in [-0.2, 0) is 4.79 Å². The molecule has 0 saturated heterocycles. The zero-order valence-corrected chi connectivity index (χ0v) is 8.36. The number of aliphatic carboxylic acids is 1. The Morgan fingerprint density at radius 2 is 1.87 bits per heavy atom. The van der Waals surface area contributed by atoms with Crippen LogP contribution in [0, 0.1) is 5.92 Å². The van der Waals surface area contributed by atoms with Crippen molar-refractivity contribution >= 4 is 28.4 Å². The van der Waals surface area contributed by atoms with E-state index in [9.17, 15) is 9.59 Å². The second-order valence-corrected chi connectivity index (χ2v) is 3.65. The third-order valence-electron chi connectivity index (χ3n) is 2.31. The van der Waals surface area contributed by atoms with Gasteiger partial charge in [0.25, 0.3) is 0 Å². The van der Waals surface area contributed by atoms with E-state index in [1.54, 1.807) is 24.3 Å². The van der Waals surface area contributed by atoms with Crippen LogP contribution in [0.5, 0.6) is 0 Å². The van der Waals surface area contributed by atoms with Gasteiger partial charge in [-0.05, 0) is 6.08 Å². The van der Waals surface area contributed by atoms with Crippen LogP contribution >= 0.6 is 11.6 Å². The average Bonchev–Trinajstić information content (AvgIpc) is 2.23. The van der Waals surface area contributed by atoms with E-state index in [0.29, 0.717) is 16.2 Å². The van der Waals surface area contributed by atoms with E-state index >= 15 is 0 Å². The van der Waals surface area contributed by atoms with Crippen molar-refractivity contribution in [2.24, 2.45) is 5.92 Å². The molecule has 1 atom stereocenters. The van der Waals surface area contributed by atoms with E-state index < -0.39 is 17.7 Å². The summed E-state index contributed by atoms with van der Waals surface area (Å²) in [6, 6.07) is 6.72. The summed E-state index contributed by atoms with van der Waals surface area (Å²) in [5.41, 5.74) is 0.971. The van der Waals surface area contributed by atoms with Gasteiger partial charge in [0.2, 0.25) is 0 Å². The van der Waals surface area contributed by atoms with Crippen molar-refractivity contribution in [2.45, 2.75) is 0 Å². The monoisotopic (exact) mass is 222 g/mol. The van der Waals surface area contributed by atoms with Gasteiger partial charge in [-0.15, -0.1) is 0 Å². The molecule has 1 aromatic carbocycles. The van der Waals surface area contributed by atoms with Crippen molar-refractivity contribution in [1.29, 1.82) is 0 Å². The van der Waals surface area contributed by atoms with Crippen LogP contribution in [0.15, 0.2) is 30.3 Å². The van der Waals surface area contributed by atoms with Crippen LogP contribution < -0.4 is 0 Å². The lowest BCUT2D eigenvalue weighted by Gasteiger charge is -2.16. The van der Waals surface area contributed by atoms with Crippen LogP contribution in [0.1, 0.15) is 15.9 Å². The fourth-order valence-corrected chi connectivity index (χ4v) is 1.86. The molecule has 2 rings (SSSR count). The zero-order chi connectivity index (χ0) is 11.0. The molecule has 1 aromatic rings. The van der Waals surface area contributed by atoms with E-state index in [-0.39, 0.29) is 0 Å². The van der Waals surface area contributed by atoms with E-state index in [4.69, 9.17) is 16.7 Å². The highest BCUT2D eigenvalue weighted by Gasteiger charge is 2.31. The standard InChI is InChI=1S/C11H7ClO3/c12-9-5-8(11(14)15)10(13)7-4-2-1-3-6(7)9/h1-5,8H,(H,14,15). The summed E-state index contributed by atoms with van der Waals surface area (Å²) in [4.78, 5) is 22.5. The van der Waals surface area contributed by atoms with E-state index in [1.807, 2.05) is 0 Å². The van der Waals surface area contributed by atoms with Crippen LogP contribution in [0.25, 0.3) is 5.03 Å². The molecule has 0 radical (unpaired) electrons. The predicted octanol–water partition coefficient (Wildman–Crippen LogP) is 2.16. The maximum Gasteiger partial charge on any atom is 0.318 e. The first kappa shape index (κ1) is 9.93. The third kappa shape index (κ3) is 1.55. The first-order valence-electron chi connectivity index (χ1n) is 4.35. The van der Waals surface area contributed by atoms with Gasteiger partial charge in [-0.2, -0.15) is 0 Å². The van der Waals surface area contributed by atoms with Gasteiger partial charge in [-0.25, -0.2) is 0 Å². The summed E-state index contributed by atoms with van der Waals surface area (Å²) < 4.78 is 0. The van der Waals surface area contributed by atoms with Crippen molar-refractivity contribution in [2.75, 3.05) is 0 Å². The zero-order valence-electron chi connectivity index (χ0n) is 7.61. The molecule has 1 unspecified atom stereocenters. The number of carboxylic acid groups (broad SMARTS) is 1. The molecule has 15 heavy (non-hydrogen) atoms. The molecule has 0 aromatic heterocycles. The number of benzene rings is 1. The maximum atomic E-state index is 11.7. The van der Waals surface area contributed by atoms with Crippen LogP contribution in [0.3, 0.4) is 0 Å². The van der Waals surface area contributed by atoms with Gasteiger partial charge >= 0.3 is 5.97 Å². The van der Waals surface area contributed by atoms with Gasteiger partial charge in [0.05, 0.1) is 0 Å². The number of carbonyl (C=O) groups is 2. The fourth-order valence-electron chi connectivity index (χ4n) is 1.57. The summed E-state index contributed by atoms with van der Waals surface area (Å²) in [7, 11) is 0. The molecular formula is C11H7ClO3. The Kier molecular flexibility index (Phi) is 2.32. The number of halogens is 1. The fraction of sp³-hybridized carbons (Fsp3) is 0.0909. The molecule has 0 heterocycles. The number of rotatable bonds is 1. The lowest BCUT2D eigenvalue weighted by Crippen LogP contribution is -2.25. The Hall–Kier alpha value is -1.61. The molecule has 0 fully saturated rings. The Morgan fingerprint density at radius 1 is 1.27 bits per heavy atom. The second kappa shape index (κ2) is 3.51. The molecule has 76 valence electrons. The van der Waals surface area contributed by atoms with E-state index in [2.05, 4.69) is 0 Å². The number of fused-ring (bicyclic) bond motifs is 1. The van der Waals surface area contributed by atoms with E-state index in [1.165, 1.54) is 6.08 Å². The van der Waals surface area contributed by atoms with Gasteiger partial charge in [0, 0.05) is 16.2 Å². The first-order valence-corrected chi connectivity index (χ1v) is 4.73. The largest absolute Gasteiger partial charge is 0.480 e. The van der Waals surface area contributed by atoms with Crippen LogP contribution in [0.4, 0.5) is 0 Å². The highest BCUT2D eigenvalue weighted by atomic mass is 35.5. The van der Waals surface area contributed by atoms with Crippen molar-refractivity contribution in [3.8, 4) is 0 Å². The minimum absolute atomic E-state index is 0.317. The SMILES string of the molecule is O=C(O)C1C=C(Cl)c2ccccc2C1=O. The highest BCUT2D eigenvalue weighted by Crippen LogP contribution is 2.31. The number of Topliss-reactive ketones (excluding diaryl/α,β-unsaturated/α-hetero) is 1. The second-order valence-electron chi connectivity index (χ2n) is 3.24. The summed E-state index contributed by atoms with van der Waals surface area (Å²) >= 11 is 5.90. The number of hydrogen-bond donors (Lipinski definition) is 1. The molecule has 0 spiro atoms. The molecule has 1 aliphatic rings. The Labute approximate surface area is 91.0 Å². The first-order chi connectivity index (χ1) is 7.11. The number of carboxylic acids is 1. The molecule has 1 aliphatic carbocycles. The smallest absolute Gasteiger partial charge is 0.318 e. The van der Waals surface area contributed by atoms with Crippen molar-refractivity contribution < 1.29 is 14.7 Å². The molecule has 0 aliphatic heterocycles. The van der Waals surface area contributed by atoms with Crippen molar-refractivity contribution in [3.05, 3.63) is 41.5 Å². The van der Waals surface area contributed by atoms with Gasteiger partial charge in [-0.1, -0.05) is 35.9 Å². The topological polar surface area (TPSA) is 54.4 Å². The van der Waals surface area contributed by atoms with Gasteiger partial charge < -0.3 is 5.11 Å². The Morgan fingerprint density at radius 3 is 2.47 bits per heavy atom. The van der Waals surface area contributed by atoms with Gasteiger partial charge in [0.15, 0.2) is 5.78 Å². The van der Waals surface area contributed by atoms with Crippen LogP contribution in [-0.4, -0.2) is 16.9 Å². The molecule has 3 nitrogen and oxygen atoms in total. The van der Waals surface area contributed by atoms with Gasteiger partial charge in [0.1, 0.15) is 5.92 Å². The third-order valence-corrected chi connectivity index (χ3v) is 2.64. The molecular weight excluding hydrogens is 216 g/mol. The van der Waals surface area contributed by atoms with Gasteiger partial charge in [-0.3, -0.25) is 9.59 Å². The molecule has 1 N–H and O–H groups in total. The molecule has 0 amide bonds. The highest BCUT2D eigenvalue weighted by molar-refractivity contribution is 6.50. The summed E-state index contributed by atoms with van der Waals surface area (Å²) in [5, 5.41) is 9.15. The number of carbonyl (C=O) groups excluding carboxylic acids is 1. The van der Waals surface area contributed by atoms with E-state index in [0.717, 1.165) is 0 Å². The molecule has 0 bridgehead atoms. The average molecular weight is 223 g/mol. The Balaban J connectivity index is 2.59. The lowest BCUT2D eigenvalue weighted by molar-refractivity contribution is -0.138. The minimum Gasteiger partial charge on any atom is -0.480 e. The Bertz CT molecular complexity index is 476. The number of ketones is 1. The number of hydrogen-bond acceptors (Lipinski definition) is 2. The predicted molar refractivity (Wildman–Crippen MR) is 55.7 cm³/mol. The quantitative estimate of drug-likeness (QED) is 0.741.